The van der Waals surface area contributed by atoms with Gasteiger partial charge < -0.3 is 10.8 Å². The summed E-state index contributed by atoms with van der Waals surface area (Å²) in [7, 11) is 0. The van der Waals surface area contributed by atoms with Gasteiger partial charge in [0.15, 0.2) is 5.65 Å². The molecular weight excluding hydrogens is 174 g/mol. The second-order valence-electron chi connectivity index (χ2n) is 1.94. The molecule has 0 unspecified atom stereocenters. The SMILES string of the molecule is Nc1ncnc2ccnn12.O=CO. The maximum atomic E-state index is 8.36. The summed E-state index contributed by atoms with van der Waals surface area (Å²) in [6.45, 7) is -0.250. The number of carbonyl (C=O) groups is 1. The highest BCUT2D eigenvalue weighted by atomic mass is 16.3. The lowest BCUT2D eigenvalue weighted by Crippen LogP contribution is -2.01. The minimum Gasteiger partial charge on any atom is -0.483 e. The topological polar surface area (TPSA) is 106 Å². The lowest BCUT2D eigenvalue weighted by molar-refractivity contribution is -0.122. The number of carboxylic acid groups (broad SMARTS) is 1. The second kappa shape index (κ2) is 4.00. The lowest BCUT2D eigenvalue weighted by Gasteiger charge is -1.92. The maximum absolute atomic E-state index is 8.36. The van der Waals surface area contributed by atoms with Crippen molar-refractivity contribution in [2.45, 2.75) is 0 Å². The van der Waals surface area contributed by atoms with E-state index in [2.05, 4.69) is 15.1 Å². The molecule has 13 heavy (non-hydrogen) atoms. The predicted molar refractivity (Wildman–Crippen MR) is 43.9 cm³/mol. The number of aromatic nitrogens is 4. The third kappa shape index (κ3) is 1.89. The summed E-state index contributed by atoms with van der Waals surface area (Å²) >= 11 is 0. The Morgan fingerprint density at radius 2 is 2.23 bits per heavy atom. The van der Waals surface area contributed by atoms with Gasteiger partial charge >= 0.3 is 0 Å². The van der Waals surface area contributed by atoms with E-state index < -0.39 is 0 Å². The molecule has 2 rings (SSSR count). The molecule has 0 saturated carbocycles. The van der Waals surface area contributed by atoms with Crippen molar-refractivity contribution in [2.75, 3.05) is 5.73 Å². The number of nitrogens with two attached hydrogens (primary N) is 1. The third-order valence-electron chi connectivity index (χ3n) is 1.22. The summed E-state index contributed by atoms with van der Waals surface area (Å²) in [5, 5.41) is 10.8. The van der Waals surface area contributed by atoms with Crippen LogP contribution < -0.4 is 5.73 Å². The summed E-state index contributed by atoms with van der Waals surface area (Å²) in [6.07, 6.45) is 3.03. The quantitative estimate of drug-likeness (QED) is 0.526. The molecule has 0 aliphatic carbocycles. The molecule has 2 aromatic rings. The summed E-state index contributed by atoms with van der Waals surface area (Å²) < 4.78 is 1.47. The molecule has 7 heteroatoms. The Kier molecular flexibility index (Phi) is 2.74. The normalized spacial score (nSPS) is 8.92. The molecular formula is C6H7N5O2. The van der Waals surface area contributed by atoms with Gasteiger partial charge in [0.2, 0.25) is 5.95 Å². The Hall–Kier alpha value is -2.18. The zero-order valence-electron chi connectivity index (χ0n) is 6.53. The van der Waals surface area contributed by atoms with Crippen molar-refractivity contribution in [1.82, 2.24) is 19.6 Å². The van der Waals surface area contributed by atoms with Crippen LogP contribution in [0.5, 0.6) is 0 Å². The largest absolute Gasteiger partial charge is 0.483 e. The number of rotatable bonds is 0. The van der Waals surface area contributed by atoms with E-state index in [-0.39, 0.29) is 6.47 Å². The van der Waals surface area contributed by atoms with Gasteiger partial charge in [0, 0.05) is 6.07 Å². The van der Waals surface area contributed by atoms with E-state index >= 15 is 0 Å². The van der Waals surface area contributed by atoms with Crippen molar-refractivity contribution >= 4 is 18.1 Å². The molecule has 0 fully saturated rings. The molecule has 0 saturated heterocycles. The highest BCUT2D eigenvalue weighted by Gasteiger charge is 1.95. The average Bonchev–Trinajstić information content (AvgIpc) is 2.54. The number of anilines is 1. The molecule has 2 heterocycles. The number of nitrogen functional groups attached to an aromatic ring is 1. The van der Waals surface area contributed by atoms with Crippen LogP contribution in [-0.2, 0) is 4.79 Å². The molecule has 3 N–H and O–H groups in total. The molecule has 0 aliphatic rings. The van der Waals surface area contributed by atoms with Crippen LogP contribution in [0, 0.1) is 0 Å². The first-order chi connectivity index (χ1) is 6.29. The number of fused-ring (bicyclic) bond motifs is 1. The zero-order chi connectivity index (χ0) is 9.68. The van der Waals surface area contributed by atoms with Crippen LogP contribution in [0.3, 0.4) is 0 Å². The van der Waals surface area contributed by atoms with Gasteiger partial charge in [-0.1, -0.05) is 0 Å². The van der Waals surface area contributed by atoms with E-state index in [4.69, 9.17) is 15.6 Å². The first-order valence-electron chi connectivity index (χ1n) is 3.27. The van der Waals surface area contributed by atoms with Crippen LogP contribution in [0.25, 0.3) is 5.65 Å². The van der Waals surface area contributed by atoms with E-state index in [1.807, 2.05) is 0 Å². The summed E-state index contributed by atoms with van der Waals surface area (Å²) in [5.74, 6) is 0.356. The fourth-order valence-electron chi connectivity index (χ4n) is 0.773. The highest BCUT2D eigenvalue weighted by Crippen LogP contribution is 1.98. The van der Waals surface area contributed by atoms with E-state index in [1.54, 1.807) is 12.3 Å². The molecule has 7 nitrogen and oxygen atoms in total. The Bertz CT molecular complexity index is 399. The number of hydrogen-bond donors (Lipinski definition) is 2. The first-order valence-corrected chi connectivity index (χ1v) is 3.27. The highest BCUT2D eigenvalue weighted by molar-refractivity contribution is 5.39. The van der Waals surface area contributed by atoms with E-state index in [1.165, 1.54) is 10.8 Å². The van der Waals surface area contributed by atoms with Gasteiger partial charge in [-0.3, -0.25) is 4.79 Å². The molecule has 0 aliphatic heterocycles. The van der Waals surface area contributed by atoms with Crippen LogP contribution in [0.4, 0.5) is 5.95 Å². The van der Waals surface area contributed by atoms with Gasteiger partial charge in [-0.05, 0) is 0 Å². The third-order valence-corrected chi connectivity index (χ3v) is 1.22. The first kappa shape index (κ1) is 8.91. The van der Waals surface area contributed by atoms with Gasteiger partial charge in [0.1, 0.15) is 6.33 Å². The molecule has 0 amide bonds. The standard InChI is InChI=1S/C5H5N5.CH2O2/c6-5-8-3-7-4-1-2-9-10(4)5;2-1-3/h1-3H,(H2,6,7,8);1H,(H,2,3). The minimum absolute atomic E-state index is 0.250. The van der Waals surface area contributed by atoms with Crippen LogP contribution in [0.2, 0.25) is 0 Å². The second-order valence-corrected chi connectivity index (χ2v) is 1.94. The summed E-state index contributed by atoms with van der Waals surface area (Å²) in [5.41, 5.74) is 6.17. The van der Waals surface area contributed by atoms with Crippen LogP contribution in [0.15, 0.2) is 18.6 Å². The van der Waals surface area contributed by atoms with Crippen molar-refractivity contribution in [2.24, 2.45) is 0 Å². The minimum atomic E-state index is -0.250. The summed E-state index contributed by atoms with van der Waals surface area (Å²) in [6, 6.07) is 1.76. The van der Waals surface area contributed by atoms with Crippen molar-refractivity contribution in [3.8, 4) is 0 Å². The smallest absolute Gasteiger partial charge is 0.290 e. The van der Waals surface area contributed by atoms with E-state index in [0.717, 1.165) is 0 Å². The van der Waals surface area contributed by atoms with Crippen molar-refractivity contribution in [3.63, 3.8) is 0 Å². The molecule has 0 atom stereocenters. The van der Waals surface area contributed by atoms with Gasteiger partial charge in [-0.25, -0.2) is 9.97 Å². The molecule has 68 valence electrons. The Morgan fingerprint density at radius 1 is 1.54 bits per heavy atom. The average molecular weight is 181 g/mol. The van der Waals surface area contributed by atoms with Crippen molar-refractivity contribution in [1.29, 1.82) is 0 Å². The van der Waals surface area contributed by atoms with Crippen LogP contribution in [-0.4, -0.2) is 31.2 Å². The summed E-state index contributed by atoms with van der Waals surface area (Å²) in [4.78, 5) is 16.0. The molecule has 0 aromatic carbocycles. The fraction of sp³-hybridized carbons (Fsp3) is 0. The van der Waals surface area contributed by atoms with Gasteiger partial charge in [-0.15, -0.1) is 0 Å². The molecule has 0 bridgehead atoms. The fourth-order valence-corrected chi connectivity index (χ4v) is 0.773. The predicted octanol–water partition coefficient (Wildman–Crippen LogP) is -0.593. The molecule has 0 radical (unpaired) electrons. The lowest BCUT2D eigenvalue weighted by atomic mass is 10.7. The monoisotopic (exact) mass is 181 g/mol. The van der Waals surface area contributed by atoms with Crippen molar-refractivity contribution in [3.05, 3.63) is 18.6 Å². The van der Waals surface area contributed by atoms with Crippen LogP contribution in [0.1, 0.15) is 0 Å². The van der Waals surface area contributed by atoms with E-state index in [0.29, 0.717) is 11.6 Å². The Balaban J connectivity index is 0.000000251. The maximum Gasteiger partial charge on any atom is 0.290 e. The van der Waals surface area contributed by atoms with Crippen LogP contribution >= 0.6 is 0 Å². The van der Waals surface area contributed by atoms with Gasteiger partial charge in [-0.2, -0.15) is 9.61 Å². The van der Waals surface area contributed by atoms with E-state index in [9.17, 15) is 0 Å². The Morgan fingerprint density at radius 3 is 2.85 bits per heavy atom. The Labute approximate surface area is 72.8 Å². The van der Waals surface area contributed by atoms with Crippen molar-refractivity contribution < 1.29 is 9.90 Å². The van der Waals surface area contributed by atoms with Gasteiger partial charge in [0.25, 0.3) is 6.47 Å². The van der Waals surface area contributed by atoms with Gasteiger partial charge in [0.05, 0.1) is 6.20 Å². The number of hydrogen-bond acceptors (Lipinski definition) is 5. The number of nitrogens with zero attached hydrogens (tertiary/aromatic N) is 4. The molecule has 0 spiro atoms. The zero-order valence-corrected chi connectivity index (χ0v) is 6.53. The molecule has 2 aromatic heterocycles.